The van der Waals surface area contributed by atoms with Crippen molar-refractivity contribution in [2.24, 2.45) is 0 Å². The first-order chi connectivity index (χ1) is 14.3. The minimum Gasteiger partial charge on any atom is -0.307 e. The molecule has 2 atom stereocenters. The monoisotopic (exact) mass is 422 g/mol. The van der Waals surface area contributed by atoms with Crippen molar-refractivity contribution in [2.45, 2.75) is 38.3 Å². The van der Waals surface area contributed by atoms with Crippen LogP contribution in [-0.4, -0.2) is 19.2 Å². The van der Waals surface area contributed by atoms with E-state index in [4.69, 9.17) is 0 Å². The van der Waals surface area contributed by atoms with Crippen LogP contribution in [0.5, 0.6) is 0 Å². The zero-order valence-electron chi connectivity index (χ0n) is 17.2. The average molecular weight is 423 g/mol. The van der Waals surface area contributed by atoms with Gasteiger partial charge in [0.25, 0.3) is 5.56 Å². The van der Waals surface area contributed by atoms with Crippen molar-refractivity contribution in [1.82, 2.24) is 9.29 Å². The van der Waals surface area contributed by atoms with Crippen molar-refractivity contribution in [3.8, 4) is 11.1 Å². The summed E-state index contributed by atoms with van der Waals surface area (Å²) in [4.78, 5) is 13.0. The highest BCUT2D eigenvalue weighted by Gasteiger charge is 2.30. The molecule has 0 aliphatic carbocycles. The maximum atomic E-state index is 13.0. The maximum Gasteiger partial charge on any atom is 0.253 e. The molecule has 2 aromatic carbocycles. The molecule has 1 aromatic heterocycles. The second-order valence-corrected chi connectivity index (χ2v) is 9.84. The third kappa shape index (κ3) is 4.40. The van der Waals surface area contributed by atoms with Crippen LogP contribution in [0.25, 0.3) is 11.1 Å². The molecule has 0 saturated carbocycles. The van der Waals surface area contributed by atoms with Gasteiger partial charge in [-0.05, 0) is 48.9 Å². The van der Waals surface area contributed by atoms with Gasteiger partial charge < -0.3 is 4.57 Å². The van der Waals surface area contributed by atoms with Crippen LogP contribution in [0.3, 0.4) is 0 Å². The second kappa shape index (κ2) is 8.20. The first kappa shape index (κ1) is 20.6. The summed E-state index contributed by atoms with van der Waals surface area (Å²) in [6, 6.07) is 22.0. The summed E-state index contributed by atoms with van der Waals surface area (Å²) < 4.78 is 28.1. The Morgan fingerprint density at radius 1 is 0.933 bits per heavy atom. The van der Waals surface area contributed by atoms with E-state index < -0.39 is 10.0 Å². The topological polar surface area (TPSA) is 68.2 Å². The Morgan fingerprint density at radius 2 is 1.60 bits per heavy atom. The molecular formula is C24H26N2O3S. The van der Waals surface area contributed by atoms with Crippen LogP contribution in [0.2, 0.25) is 0 Å². The number of hydrogen-bond donors (Lipinski definition) is 1. The van der Waals surface area contributed by atoms with E-state index in [1.807, 2.05) is 24.3 Å². The molecular weight excluding hydrogens is 396 g/mol. The number of aromatic nitrogens is 1. The first-order valence-electron chi connectivity index (χ1n) is 10.2. The molecule has 5 nitrogen and oxygen atoms in total. The largest absolute Gasteiger partial charge is 0.307 e. The zero-order valence-corrected chi connectivity index (χ0v) is 18.0. The minimum atomic E-state index is -3.36. The van der Waals surface area contributed by atoms with Gasteiger partial charge in [-0.25, -0.2) is 13.1 Å². The number of nitrogens with one attached hydrogen (secondary N) is 1. The summed E-state index contributed by atoms with van der Waals surface area (Å²) >= 11 is 0. The minimum absolute atomic E-state index is 0.00702. The normalized spacial score (nSPS) is 18.7. The van der Waals surface area contributed by atoms with Gasteiger partial charge in [0.15, 0.2) is 0 Å². The number of pyridine rings is 1. The molecule has 0 radical (unpaired) electrons. The Labute approximate surface area is 177 Å². The van der Waals surface area contributed by atoms with Crippen LogP contribution in [0.1, 0.15) is 41.7 Å². The number of nitrogens with zero attached hydrogens (tertiary/aromatic N) is 1. The average Bonchev–Trinajstić information content (AvgIpc) is 2.72. The third-order valence-electron chi connectivity index (χ3n) is 5.74. The number of hydrogen-bond acceptors (Lipinski definition) is 3. The highest BCUT2D eigenvalue weighted by molar-refractivity contribution is 7.88. The van der Waals surface area contributed by atoms with Gasteiger partial charge >= 0.3 is 0 Å². The fourth-order valence-corrected chi connectivity index (χ4v) is 5.03. The molecule has 156 valence electrons. The molecule has 0 spiro atoms. The summed E-state index contributed by atoms with van der Waals surface area (Å²) in [5.74, 6) is 0. The Morgan fingerprint density at radius 3 is 2.27 bits per heavy atom. The van der Waals surface area contributed by atoms with E-state index in [1.165, 1.54) is 5.56 Å². The lowest BCUT2D eigenvalue weighted by atomic mass is 9.92. The molecule has 0 fully saturated rings. The smallest absolute Gasteiger partial charge is 0.253 e. The van der Waals surface area contributed by atoms with Crippen molar-refractivity contribution in [1.29, 1.82) is 0 Å². The number of aryl methyl sites for hydroxylation is 1. The van der Waals surface area contributed by atoms with Crippen LogP contribution in [-0.2, 0) is 16.4 Å². The van der Waals surface area contributed by atoms with E-state index in [2.05, 4.69) is 41.1 Å². The fraction of sp³-hybridized carbons (Fsp3) is 0.292. The summed E-state index contributed by atoms with van der Waals surface area (Å²) in [6.07, 6.45) is 3.30. The molecule has 4 rings (SSSR count). The molecule has 30 heavy (non-hydrogen) atoms. The molecule has 0 amide bonds. The summed E-state index contributed by atoms with van der Waals surface area (Å²) in [5.41, 5.74) is 4.87. The van der Waals surface area contributed by atoms with E-state index in [0.717, 1.165) is 35.9 Å². The van der Waals surface area contributed by atoms with Crippen LogP contribution < -0.4 is 10.3 Å². The van der Waals surface area contributed by atoms with Crippen molar-refractivity contribution in [3.63, 3.8) is 0 Å². The molecule has 0 unspecified atom stereocenters. The van der Waals surface area contributed by atoms with Crippen LogP contribution in [0.15, 0.2) is 71.5 Å². The lowest BCUT2D eigenvalue weighted by Gasteiger charge is -2.33. The van der Waals surface area contributed by atoms with Gasteiger partial charge in [0, 0.05) is 17.3 Å². The Kier molecular flexibility index (Phi) is 5.62. The number of benzene rings is 2. The summed E-state index contributed by atoms with van der Waals surface area (Å²) in [5, 5.41) is 0. The van der Waals surface area contributed by atoms with E-state index in [-0.39, 0.29) is 17.6 Å². The van der Waals surface area contributed by atoms with Crippen molar-refractivity contribution >= 4 is 10.0 Å². The molecule has 2 heterocycles. The first-order valence-corrected chi connectivity index (χ1v) is 12.0. The number of sulfonamides is 1. The summed E-state index contributed by atoms with van der Waals surface area (Å²) in [7, 11) is -3.36. The van der Waals surface area contributed by atoms with Crippen LogP contribution in [0, 0.1) is 6.92 Å². The van der Waals surface area contributed by atoms with Crippen molar-refractivity contribution < 1.29 is 8.42 Å². The van der Waals surface area contributed by atoms with Crippen LogP contribution in [0.4, 0.5) is 0 Å². The summed E-state index contributed by atoms with van der Waals surface area (Å²) in [6.45, 7) is 1.80. The predicted octanol–water partition coefficient (Wildman–Crippen LogP) is 3.99. The third-order valence-corrected chi connectivity index (χ3v) is 6.45. The molecule has 3 aromatic rings. The Balaban J connectivity index is 1.63. The van der Waals surface area contributed by atoms with Gasteiger partial charge in [-0.2, -0.15) is 0 Å². The lowest BCUT2D eigenvalue weighted by molar-refractivity contribution is 0.337. The quantitative estimate of drug-likeness (QED) is 0.676. The van der Waals surface area contributed by atoms with E-state index in [1.54, 1.807) is 17.6 Å². The molecule has 6 heteroatoms. The standard InChI is InChI=1S/C24H26N2O3S/c1-17-8-15-23-22(25-30(2,28)29)14-13-21(26(23)24(17)27)16-18-9-11-20(12-10-18)19-6-4-3-5-7-19/h3-12,15,21-22,25H,13-14,16H2,1-2H3/t21-,22+/m0/s1. The van der Waals surface area contributed by atoms with E-state index in [0.29, 0.717) is 12.0 Å². The van der Waals surface area contributed by atoms with E-state index >= 15 is 0 Å². The lowest BCUT2D eigenvalue weighted by Crippen LogP contribution is -2.40. The van der Waals surface area contributed by atoms with Gasteiger partial charge in [0.2, 0.25) is 10.0 Å². The van der Waals surface area contributed by atoms with Gasteiger partial charge in [0.05, 0.1) is 12.3 Å². The van der Waals surface area contributed by atoms with Gasteiger partial charge in [-0.3, -0.25) is 4.79 Å². The van der Waals surface area contributed by atoms with Crippen LogP contribution >= 0.6 is 0 Å². The molecule has 1 aliphatic heterocycles. The Bertz CT molecular complexity index is 1200. The van der Waals surface area contributed by atoms with Crippen molar-refractivity contribution in [2.75, 3.05) is 6.26 Å². The predicted molar refractivity (Wildman–Crippen MR) is 120 cm³/mol. The molecule has 1 aliphatic rings. The number of rotatable bonds is 5. The maximum absolute atomic E-state index is 13.0. The van der Waals surface area contributed by atoms with E-state index in [9.17, 15) is 13.2 Å². The van der Waals surface area contributed by atoms with Gasteiger partial charge in [-0.1, -0.05) is 60.7 Å². The highest BCUT2D eigenvalue weighted by Crippen LogP contribution is 2.33. The molecule has 0 saturated heterocycles. The van der Waals surface area contributed by atoms with Crippen molar-refractivity contribution in [3.05, 3.63) is 93.9 Å². The van der Waals surface area contributed by atoms with Gasteiger partial charge in [0.1, 0.15) is 0 Å². The SMILES string of the molecule is Cc1ccc2n(c1=O)[C@H](Cc1ccc(-c3ccccc3)cc1)CC[C@H]2NS(C)(=O)=O. The number of fused-ring (bicyclic) bond motifs is 1. The molecule has 1 N–H and O–H groups in total. The fourth-order valence-electron chi connectivity index (χ4n) is 4.27. The highest BCUT2D eigenvalue weighted by atomic mass is 32.2. The second-order valence-electron chi connectivity index (χ2n) is 8.06. The zero-order chi connectivity index (χ0) is 21.3. The van der Waals surface area contributed by atoms with Gasteiger partial charge in [-0.15, -0.1) is 0 Å². The Hall–Kier alpha value is -2.70. The molecule has 0 bridgehead atoms.